The Kier molecular flexibility index (Phi) is 7.32. The van der Waals surface area contributed by atoms with Crippen molar-refractivity contribution in [2.24, 2.45) is 5.92 Å². The highest BCUT2D eigenvalue weighted by Gasteiger charge is 2.39. The molecule has 10 heteroatoms. The number of aryl methyl sites for hydroxylation is 1. The largest absolute Gasteiger partial charge is 0.406 e. The summed E-state index contributed by atoms with van der Waals surface area (Å²) in [6.45, 7) is 2.58. The molecule has 27 heavy (non-hydrogen) atoms. The van der Waals surface area contributed by atoms with Gasteiger partial charge in [0.2, 0.25) is 5.91 Å². The zero-order valence-electron chi connectivity index (χ0n) is 15.5. The number of carbonyl (C=O) groups excluding carboxylic acids is 1. The molecule has 0 radical (unpaired) electrons. The number of hydrogen-bond acceptors (Lipinski definition) is 4. The van der Waals surface area contributed by atoms with Crippen molar-refractivity contribution >= 4 is 27.3 Å². The Bertz CT molecular complexity index is 747. The summed E-state index contributed by atoms with van der Waals surface area (Å²) in [6.07, 6.45) is -2.48. The zero-order valence-corrected chi connectivity index (χ0v) is 17.1. The lowest BCUT2D eigenvalue weighted by molar-refractivity contribution is -0.164. The van der Waals surface area contributed by atoms with Gasteiger partial charge >= 0.3 is 6.18 Å². The summed E-state index contributed by atoms with van der Waals surface area (Å²) in [5.74, 6) is -1.35. The summed E-state index contributed by atoms with van der Waals surface area (Å²) in [7, 11) is -3.73. The number of halogens is 3. The van der Waals surface area contributed by atoms with Crippen molar-refractivity contribution < 1.29 is 26.4 Å². The first kappa shape index (κ1) is 22.2. The SMILES string of the molecule is CCCCN(CC(F)(F)F)C(=O)C1CCCN(S(=O)(=O)c2ccc(C)s2)C1. The van der Waals surface area contributed by atoms with E-state index in [2.05, 4.69) is 0 Å². The van der Waals surface area contributed by atoms with E-state index in [1.807, 2.05) is 6.92 Å². The van der Waals surface area contributed by atoms with Crippen LogP contribution in [-0.4, -0.2) is 55.9 Å². The van der Waals surface area contributed by atoms with Crippen LogP contribution in [0.15, 0.2) is 16.3 Å². The molecule has 1 unspecified atom stereocenters. The number of carbonyl (C=O) groups is 1. The van der Waals surface area contributed by atoms with Gasteiger partial charge < -0.3 is 4.90 Å². The molecule has 1 fully saturated rings. The molecule has 1 aromatic rings. The number of rotatable bonds is 7. The molecular weight excluding hydrogens is 401 g/mol. The van der Waals surface area contributed by atoms with Gasteiger partial charge in [0.25, 0.3) is 10.0 Å². The minimum atomic E-state index is -4.47. The maximum absolute atomic E-state index is 12.9. The number of unbranched alkanes of at least 4 members (excludes halogenated alkanes) is 1. The maximum atomic E-state index is 12.9. The van der Waals surface area contributed by atoms with Crippen LogP contribution < -0.4 is 0 Å². The highest BCUT2D eigenvalue weighted by atomic mass is 32.2. The molecule has 0 bridgehead atoms. The third-order valence-electron chi connectivity index (χ3n) is 4.51. The van der Waals surface area contributed by atoms with Crippen LogP contribution >= 0.6 is 11.3 Å². The summed E-state index contributed by atoms with van der Waals surface area (Å²) in [5, 5.41) is 0. The first-order valence-electron chi connectivity index (χ1n) is 8.96. The van der Waals surface area contributed by atoms with Crippen molar-refractivity contribution in [3.8, 4) is 0 Å². The molecule has 2 rings (SSSR count). The van der Waals surface area contributed by atoms with Crippen LogP contribution in [0.4, 0.5) is 13.2 Å². The minimum Gasteiger partial charge on any atom is -0.333 e. The van der Waals surface area contributed by atoms with Crippen LogP contribution in [0.5, 0.6) is 0 Å². The molecule has 5 nitrogen and oxygen atoms in total. The molecule has 1 atom stereocenters. The van der Waals surface area contributed by atoms with Gasteiger partial charge in [-0.25, -0.2) is 8.42 Å². The van der Waals surface area contributed by atoms with Crippen LogP contribution in [0.2, 0.25) is 0 Å². The lowest BCUT2D eigenvalue weighted by Gasteiger charge is -2.34. The van der Waals surface area contributed by atoms with E-state index in [9.17, 15) is 26.4 Å². The van der Waals surface area contributed by atoms with Crippen LogP contribution in [0.3, 0.4) is 0 Å². The third kappa shape index (κ3) is 5.92. The first-order chi connectivity index (χ1) is 12.5. The van der Waals surface area contributed by atoms with E-state index in [-0.39, 0.29) is 23.8 Å². The van der Waals surface area contributed by atoms with Crippen molar-refractivity contribution in [3.63, 3.8) is 0 Å². The van der Waals surface area contributed by atoms with Gasteiger partial charge in [0.05, 0.1) is 5.92 Å². The van der Waals surface area contributed by atoms with Gasteiger partial charge in [-0.15, -0.1) is 11.3 Å². The van der Waals surface area contributed by atoms with Crippen molar-refractivity contribution in [2.75, 3.05) is 26.2 Å². The first-order valence-corrected chi connectivity index (χ1v) is 11.2. The summed E-state index contributed by atoms with van der Waals surface area (Å²) < 4.78 is 65.5. The molecule has 0 aliphatic carbocycles. The number of alkyl halides is 3. The predicted molar refractivity (Wildman–Crippen MR) is 98.1 cm³/mol. The van der Waals surface area contributed by atoms with E-state index < -0.39 is 34.6 Å². The van der Waals surface area contributed by atoms with E-state index in [1.54, 1.807) is 13.0 Å². The molecule has 0 saturated carbocycles. The highest BCUT2D eigenvalue weighted by molar-refractivity contribution is 7.91. The lowest BCUT2D eigenvalue weighted by atomic mass is 9.98. The monoisotopic (exact) mass is 426 g/mol. The topological polar surface area (TPSA) is 57.7 Å². The zero-order chi connectivity index (χ0) is 20.2. The van der Waals surface area contributed by atoms with Crippen molar-refractivity contribution in [1.82, 2.24) is 9.21 Å². The molecular formula is C17H25F3N2O3S2. The maximum Gasteiger partial charge on any atom is 0.406 e. The van der Waals surface area contributed by atoms with Crippen molar-refractivity contribution in [1.29, 1.82) is 0 Å². The number of nitrogens with zero attached hydrogens (tertiary/aromatic N) is 2. The minimum absolute atomic E-state index is 0.0300. The van der Waals surface area contributed by atoms with Crippen LogP contribution in [0.25, 0.3) is 0 Å². The average molecular weight is 427 g/mol. The quantitative estimate of drug-likeness (QED) is 0.669. The number of piperidine rings is 1. The summed E-state index contributed by atoms with van der Waals surface area (Å²) >= 11 is 1.15. The lowest BCUT2D eigenvalue weighted by Crippen LogP contribution is -2.48. The highest BCUT2D eigenvalue weighted by Crippen LogP contribution is 2.29. The van der Waals surface area contributed by atoms with Crippen molar-refractivity contribution in [2.45, 2.75) is 49.9 Å². The van der Waals surface area contributed by atoms with Crippen LogP contribution in [0.1, 0.15) is 37.5 Å². The molecule has 1 aliphatic heterocycles. The third-order valence-corrected chi connectivity index (χ3v) is 7.84. The molecule has 154 valence electrons. The smallest absolute Gasteiger partial charge is 0.333 e. The Hall–Kier alpha value is -1.13. The summed E-state index contributed by atoms with van der Waals surface area (Å²) in [4.78, 5) is 14.4. The molecule has 1 saturated heterocycles. The van der Waals surface area contributed by atoms with E-state index >= 15 is 0 Å². The fraction of sp³-hybridized carbons (Fsp3) is 0.706. The van der Waals surface area contributed by atoms with Crippen LogP contribution in [-0.2, 0) is 14.8 Å². The Morgan fingerprint density at radius 1 is 1.37 bits per heavy atom. The van der Waals surface area contributed by atoms with E-state index in [1.165, 1.54) is 10.4 Å². The fourth-order valence-electron chi connectivity index (χ4n) is 3.13. The molecule has 1 aromatic heterocycles. The Morgan fingerprint density at radius 2 is 2.07 bits per heavy atom. The van der Waals surface area contributed by atoms with Gasteiger partial charge in [-0.05, 0) is 38.3 Å². The van der Waals surface area contributed by atoms with E-state index in [0.29, 0.717) is 25.7 Å². The van der Waals surface area contributed by atoms with Gasteiger partial charge in [-0.3, -0.25) is 4.79 Å². The Morgan fingerprint density at radius 3 is 2.63 bits per heavy atom. The van der Waals surface area contributed by atoms with Gasteiger partial charge in [-0.2, -0.15) is 17.5 Å². The average Bonchev–Trinajstić information content (AvgIpc) is 3.04. The van der Waals surface area contributed by atoms with E-state index in [0.717, 1.165) is 21.1 Å². The number of thiophene rings is 1. The summed E-state index contributed by atoms with van der Waals surface area (Å²) in [6, 6.07) is 3.23. The Labute approximate surface area is 162 Å². The van der Waals surface area contributed by atoms with Gasteiger partial charge in [0.1, 0.15) is 10.8 Å². The second kappa shape index (κ2) is 8.91. The van der Waals surface area contributed by atoms with E-state index in [4.69, 9.17) is 0 Å². The molecule has 0 aromatic carbocycles. The molecule has 1 aliphatic rings. The second-order valence-corrected chi connectivity index (χ2v) is 10.2. The molecule has 0 spiro atoms. The summed E-state index contributed by atoms with van der Waals surface area (Å²) in [5.41, 5.74) is 0. The number of sulfonamides is 1. The molecule has 1 amide bonds. The fourth-order valence-corrected chi connectivity index (χ4v) is 6.09. The normalized spacial score (nSPS) is 19.2. The predicted octanol–water partition coefficient (Wildman–Crippen LogP) is 3.65. The number of amides is 1. The van der Waals surface area contributed by atoms with Crippen molar-refractivity contribution in [3.05, 3.63) is 17.0 Å². The second-order valence-electron chi connectivity index (χ2n) is 6.80. The molecule has 2 heterocycles. The molecule has 0 N–H and O–H groups in total. The van der Waals surface area contributed by atoms with Gasteiger partial charge in [0.15, 0.2) is 0 Å². The van der Waals surface area contributed by atoms with Gasteiger partial charge in [-0.1, -0.05) is 13.3 Å². The standard InChI is InChI=1S/C17H25F3N2O3S2/c1-3-4-9-21(12-17(18,19)20)16(23)14-6-5-10-22(11-14)27(24,25)15-8-7-13(2)26-15/h7-8,14H,3-6,9-12H2,1-2H3. The van der Waals surface area contributed by atoms with Gasteiger partial charge in [0, 0.05) is 24.5 Å². The Balaban J connectivity index is 2.14. The number of hydrogen-bond donors (Lipinski definition) is 0. The van der Waals surface area contributed by atoms with Crippen LogP contribution in [0, 0.1) is 12.8 Å².